The Kier molecular flexibility index (Phi) is 3.90. The van der Waals surface area contributed by atoms with Crippen molar-refractivity contribution in [2.24, 2.45) is 11.3 Å². The smallest absolute Gasteiger partial charge is 0.0106 e. The zero-order chi connectivity index (χ0) is 14.2. The van der Waals surface area contributed by atoms with E-state index in [9.17, 15) is 0 Å². The Hall–Kier alpha value is -0.820. The Morgan fingerprint density at radius 1 is 1.30 bits per heavy atom. The van der Waals surface area contributed by atoms with Crippen LogP contribution in [0.4, 0.5) is 0 Å². The molecule has 3 rings (SSSR count). The van der Waals surface area contributed by atoms with Crippen LogP contribution in [-0.4, -0.2) is 12.6 Å². The summed E-state index contributed by atoms with van der Waals surface area (Å²) in [6.45, 7) is 8.31. The van der Waals surface area contributed by atoms with Crippen LogP contribution in [0.5, 0.6) is 0 Å². The lowest BCUT2D eigenvalue weighted by Gasteiger charge is -2.39. The van der Waals surface area contributed by atoms with Gasteiger partial charge in [-0.2, -0.15) is 0 Å². The number of benzene rings is 1. The van der Waals surface area contributed by atoms with Crippen molar-refractivity contribution in [2.45, 2.75) is 64.8 Å². The quantitative estimate of drug-likeness (QED) is 0.830. The monoisotopic (exact) mass is 271 g/mol. The molecule has 1 fully saturated rings. The third-order valence-electron chi connectivity index (χ3n) is 5.79. The van der Waals surface area contributed by atoms with Crippen LogP contribution in [0, 0.1) is 11.3 Å². The highest BCUT2D eigenvalue weighted by Gasteiger charge is 2.41. The first-order valence-corrected chi connectivity index (χ1v) is 8.43. The van der Waals surface area contributed by atoms with Crippen molar-refractivity contribution in [3.63, 3.8) is 0 Å². The van der Waals surface area contributed by atoms with Crippen LogP contribution in [0.15, 0.2) is 24.3 Å². The van der Waals surface area contributed by atoms with E-state index in [1.807, 2.05) is 0 Å². The number of hydrogen-bond donors (Lipinski definition) is 1. The molecule has 2 aliphatic rings. The summed E-state index contributed by atoms with van der Waals surface area (Å²) < 4.78 is 0. The number of nitrogens with one attached hydrogen (secondary N) is 1. The molecule has 20 heavy (non-hydrogen) atoms. The molecule has 1 N–H and O–H groups in total. The van der Waals surface area contributed by atoms with Crippen molar-refractivity contribution in [3.8, 4) is 0 Å². The fourth-order valence-electron chi connectivity index (χ4n) is 4.63. The molecule has 3 unspecified atom stereocenters. The first-order valence-electron chi connectivity index (χ1n) is 8.43. The molecule has 110 valence electrons. The van der Waals surface area contributed by atoms with Crippen LogP contribution in [0.1, 0.15) is 63.5 Å². The summed E-state index contributed by atoms with van der Waals surface area (Å²) in [5.41, 5.74) is 3.72. The van der Waals surface area contributed by atoms with Gasteiger partial charge in [-0.3, -0.25) is 0 Å². The van der Waals surface area contributed by atoms with Gasteiger partial charge in [-0.15, -0.1) is 0 Å². The summed E-state index contributed by atoms with van der Waals surface area (Å²) in [5.74, 6) is 1.65. The molecule has 0 heterocycles. The van der Waals surface area contributed by atoms with E-state index in [4.69, 9.17) is 0 Å². The van der Waals surface area contributed by atoms with Crippen molar-refractivity contribution in [1.29, 1.82) is 0 Å². The molecular weight excluding hydrogens is 242 g/mol. The fourth-order valence-corrected chi connectivity index (χ4v) is 4.63. The first kappa shape index (κ1) is 14.1. The van der Waals surface area contributed by atoms with E-state index in [2.05, 4.69) is 50.4 Å². The van der Waals surface area contributed by atoms with Gasteiger partial charge >= 0.3 is 0 Å². The van der Waals surface area contributed by atoms with Crippen molar-refractivity contribution in [2.75, 3.05) is 6.54 Å². The Balaban J connectivity index is 1.70. The minimum atomic E-state index is 0.524. The van der Waals surface area contributed by atoms with E-state index < -0.39 is 0 Å². The van der Waals surface area contributed by atoms with Crippen molar-refractivity contribution < 1.29 is 0 Å². The van der Waals surface area contributed by atoms with Crippen LogP contribution in [0.3, 0.4) is 0 Å². The Bertz CT molecular complexity index is 463. The molecule has 0 saturated heterocycles. The largest absolute Gasteiger partial charge is 0.314 e. The zero-order valence-electron chi connectivity index (χ0n) is 13.3. The van der Waals surface area contributed by atoms with Crippen molar-refractivity contribution >= 4 is 0 Å². The summed E-state index contributed by atoms with van der Waals surface area (Å²) >= 11 is 0. The normalized spacial score (nSPS) is 28.8. The van der Waals surface area contributed by atoms with Crippen LogP contribution in [-0.2, 0) is 6.42 Å². The molecule has 0 bridgehead atoms. The van der Waals surface area contributed by atoms with Crippen LogP contribution in [0.2, 0.25) is 0 Å². The van der Waals surface area contributed by atoms with Gasteiger partial charge in [0.05, 0.1) is 0 Å². The lowest BCUT2D eigenvalue weighted by atomic mass is 9.69. The van der Waals surface area contributed by atoms with Gasteiger partial charge in [0.25, 0.3) is 0 Å². The average Bonchev–Trinajstić information content (AvgIpc) is 2.74. The second-order valence-corrected chi connectivity index (χ2v) is 7.49. The van der Waals surface area contributed by atoms with Crippen molar-refractivity contribution in [3.05, 3.63) is 35.4 Å². The van der Waals surface area contributed by atoms with Gasteiger partial charge in [-0.1, -0.05) is 51.5 Å². The third kappa shape index (κ3) is 2.53. The standard InChI is InChI=1S/C19H29N/c1-4-20-18(17-10-7-11-19(17,2)3)13-15-12-14-8-5-6-9-16(14)15/h5-6,8-9,15,17-18,20H,4,7,10-13H2,1-3H3. The van der Waals surface area contributed by atoms with Gasteiger partial charge in [-0.05, 0) is 60.6 Å². The number of fused-ring (bicyclic) bond motifs is 1. The molecule has 1 aromatic rings. The average molecular weight is 271 g/mol. The van der Waals surface area contributed by atoms with E-state index >= 15 is 0 Å². The molecule has 0 aromatic heterocycles. The SMILES string of the molecule is CCNC(CC1Cc2ccccc21)C1CCCC1(C)C. The molecule has 1 aromatic carbocycles. The Morgan fingerprint density at radius 2 is 2.10 bits per heavy atom. The topological polar surface area (TPSA) is 12.0 Å². The predicted molar refractivity (Wildman–Crippen MR) is 86.1 cm³/mol. The van der Waals surface area contributed by atoms with Crippen molar-refractivity contribution in [1.82, 2.24) is 5.32 Å². The van der Waals surface area contributed by atoms with Gasteiger partial charge in [-0.25, -0.2) is 0 Å². The molecule has 2 aliphatic carbocycles. The summed E-state index contributed by atoms with van der Waals surface area (Å²) in [5, 5.41) is 3.81. The molecule has 0 spiro atoms. The lowest BCUT2D eigenvalue weighted by molar-refractivity contribution is 0.182. The van der Waals surface area contributed by atoms with E-state index in [-0.39, 0.29) is 0 Å². The third-order valence-corrected chi connectivity index (χ3v) is 5.79. The van der Waals surface area contributed by atoms with Crippen LogP contribution >= 0.6 is 0 Å². The predicted octanol–water partition coefficient (Wildman–Crippen LogP) is 4.52. The second kappa shape index (κ2) is 5.52. The molecule has 1 saturated carbocycles. The van der Waals surface area contributed by atoms with E-state index in [1.165, 1.54) is 32.1 Å². The van der Waals surface area contributed by atoms with Gasteiger partial charge in [0.2, 0.25) is 0 Å². The van der Waals surface area contributed by atoms with E-state index in [1.54, 1.807) is 11.1 Å². The Labute approximate surface area is 124 Å². The molecular formula is C19H29N. The molecule has 0 aliphatic heterocycles. The van der Waals surface area contributed by atoms with Gasteiger partial charge < -0.3 is 5.32 Å². The van der Waals surface area contributed by atoms with E-state index in [0.29, 0.717) is 11.5 Å². The maximum absolute atomic E-state index is 3.81. The summed E-state index contributed by atoms with van der Waals surface area (Å²) in [6, 6.07) is 9.72. The van der Waals surface area contributed by atoms with Crippen LogP contribution < -0.4 is 5.32 Å². The summed E-state index contributed by atoms with van der Waals surface area (Å²) in [4.78, 5) is 0. The van der Waals surface area contributed by atoms with Crippen LogP contribution in [0.25, 0.3) is 0 Å². The zero-order valence-corrected chi connectivity index (χ0v) is 13.3. The Morgan fingerprint density at radius 3 is 2.75 bits per heavy atom. The lowest BCUT2D eigenvalue weighted by Crippen LogP contribution is -2.42. The highest BCUT2D eigenvalue weighted by Crippen LogP contribution is 2.47. The first-order chi connectivity index (χ1) is 9.62. The molecule has 0 amide bonds. The minimum absolute atomic E-state index is 0.524. The molecule has 1 heteroatoms. The highest BCUT2D eigenvalue weighted by molar-refractivity contribution is 5.40. The number of hydrogen-bond acceptors (Lipinski definition) is 1. The van der Waals surface area contributed by atoms with Gasteiger partial charge in [0.15, 0.2) is 0 Å². The molecule has 0 radical (unpaired) electrons. The van der Waals surface area contributed by atoms with E-state index in [0.717, 1.165) is 18.4 Å². The highest BCUT2D eigenvalue weighted by atomic mass is 14.9. The number of rotatable bonds is 5. The molecule has 1 nitrogen and oxygen atoms in total. The summed E-state index contributed by atoms with van der Waals surface area (Å²) in [7, 11) is 0. The fraction of sp³-hybridized carbons (Fsp3) is 0.684. The second-order valence-electron chi connectivity index (χ2n) is 7.49. The van der Waals surface area contributed by atoms with Gasteiger partial charge in [0.1, 0.15) is 0 Å². The molecule has 3 atom stereocenters. The summed E-state index contributed by atoms with van der Waals surface area (Å²) in [6.07, 6.45) is 6.87. The van der Waals surface area contributed by atoms with Gasteiger partial charge in [0, 0.05) is 6.04 Å². The minimum Gasteiger partial charge on any atom is -0.314 e. The maximum Gasteiger partial charge on any atom is 0.0106 e. The maximum atomic E-state index is 3.81.